The van der Waals surface area contributed by atoms with Crippen LogP contribution in [0.1, 0.15) is 23.2 Å². The van der Waals surface area contributed by atoms with Gasteiger partial charge < -0.3 is 16.0 Å². The lowest BCUT2D eigenvalue weighted by atomic mass is 9.92. The quantitative estimate of drug-likeness (QED) is 0.815. The maximum atomic E-state index is 12.9. The van der Waals surface area contributed by atoms with Crippen molar-refractivity contribution in [3.05, 3.63) is 29.8 Å². The molecule has 0 aliphatic carbocycles. The molecule has 0 unspecified atom stereocenters. The van der Waals surface area contributed by atoms with E-state index in [4.69, 9.17) is 5.73 Å². The largest absolute Gasteiger partial charge is 0.369 e. The maximum Gasteiger partial charge on any atom is 0.254 e. The Kier molecular flexibility index (Phi) is 5.23. The van der Waals surface area contributed by atoms with E-state index in [1.807, 2.05) is 29.2 Å². The van der Waals surface area contributed by atoms with Crippen molar-refractivity contribution in [1.29, 1.82) is 0 Å². The van der Waals surface area contributed by atoms with Gasteiger partial charge in [-0.2, -0.15) is 0 Å². The molecule has 0 radical (unpaired) electrons. The van der Waals surface area contributed by atoms with Crippen molar-refractivity contribution in [2.24, 2.45) is 17.6 Å². The van der Waals surface area contributed by atoms with Crippen molar-refractivity contribution in [1.82, 2.24) is 10.2 Å². The number of primary amides is 1. The van der Waals surface area contributed by atoms with E-state index in [0.717, 1.165) is 43.9 Å². The van der Waals surface area contributed by atoms with E-state index < -0.39 is 0 Å². The predicted molar refractivity (Wildman–Crippen MR) is 91.3 cm³/mol. The molecule has 0 spiro atoms. The Morgan fingerprint density at radius 2 is 1.83 bits per heavy atom. The molecule has 0 saturated carbocycles. The normalized spacial score (nSPS) is 24.1. The molecule has 0 bridgehead atoms. The Bertz CT molecular complexity index is 579. The Labute approximate surface area is 141 Å². The standard InChI is InChI=1S/C17H23N3O2S/c18-16(21)11-23-15-4-2-1-3-14(15)17(22)20-7-5-12-9-19-10-13(12)6-8-20/h1-4,12-13,19H,5-11H2,(H2,18,21)/t12-,13+. The predicted octanol–water partition coefficient (Wildman–Crippen LogP) is 1.34. The molecule has 3 N–H and O–H groups in total. The fraction of sp³-hybridized carbons (Fsp3) is 0.529. The number of thioether (sulfide) groups is 1. The first-order valence-electron chi connectivity index (χ1n) is 8.15. The number of likely N-dealkylation sites (tertiary alicyclic amines) is 1. The SMILES string of the molecule is NC(=O)CSc1ccccc1C(=O)N1CC[C@@H]2CNC[C@@H]2CC1. The summed E-state index contributed by atoms with van der Waals surface area (Å²) < 4.78 is 0. The number of nitrogens with zero attached hydrogens (tertiary/aromatic N) is 1. The van der Waals surface area contributed by atoms with Crippen LogP contribution in [0.5, 0.6) is 0 Å². The fourth-order valence-corrected chi connectivity index (χ4v) is 4.29. The van der Waals surface area contributed by atoms with Crippen LogP contribution in [0.3, 0.4) is 0 Å². The molecule has 1 aromatic rings. The lowest BCUT2D eigenvalue weighted by Crippen LogP contribution is -2.33. The third-order valence-electron chi connectivity index (χ3n) is 4.79. The summed E-state index contributed by atoms with van der Waals surface area (Å²) in [7, 11) is 0. The summed E-state index contributed by atoms with van der Waals surface area (Å²) in [6.45, 7) is 3.79. The van der Waals surface area contributed by atoms with Gasteiger partial charge in [-0.05, 0) is 49.9 Å². The second-order valence-electron chi connectivity index (χ2n) is 6.30. The number of amides is 2. The molecule has 5 nitrogen and oxygen atoms in total. The van der Waals surface area contributed by atoms with Gasteiger partial charge in [-0.15, -0.1) is 11.8 Å². The van der Waals surface area contributed by atoms with Crippen LogP contribution in [0.2, 0.25) is 0 Å². The van der Waals surface area contributed by atoms with Crippen molar-refractivity contribution < 1.29 is 9.59 Å². The highest BCUT2D eigenvalue weighted by Gasteiger charge is 2.32. The highest BCUT2D eigenvalue weighted by Crippen LogP contribution is 2.29. The highest BCUT2D eigenvalue weighted by molar-refractivity contribution is 8.00. The van der Waals surface area contributed by atoms with Gasteiger partial charge >= 0.3 is 0 Å². The van der Waals surface area contributed by atoms with Gasteiger partial charge in [0.05, 0.1) is 11.3 Å². The summed E-state index contributed by atoms with van der Waals surface area (Å²) in [5.41, 5.74) is 5.91. The van der Waals surface area contributed by atoms with Gasteiger partial charge in [-0.3, -0.25) is 9.59 Å². The number of nitrogens with two attached hydrogens (primary N) is 1. The van der Waals surface area contributed by atoms with E-state index in [1.165, 1.54) is 11.8 Å². The summed E-state index contributed by atoms with van der Waals surface area (Å²) in [5.74, 6) is 1.30. The van der Waals surface area contributed by atoms with Gasteiger partial charge in [0.15, 0.2) is 0 Å². The van der Waals surface area contributed by atoms with Crippen LogP contribution in [0, 0.1) is 11.8 Å². The molecule has 2 atom stereocenters. The summed E-state index contributed by atoms with van der Waals surface area (Å²) in [6.07, 6.45) is 2.14. The molecule has 124 valence electrons. The average molecular weight is 333 g/mol. The number of fused-ring (bicyclic) bond motifs is 1. The van der Waals surface area contributed by atoms with Crippen LogP contribution in [-0.4, -0.2) is 48.6 Å². The monoisotopic (exact) mass is 333 g/mol. The van der Waals surface area contributed by atoms with Gasteiger partial charge in [-0.25, -0.2) is 0 Å². The molecule has 2 aliphatic heterocycles. The minimum Gasteiger partial charge on any atom is -0.369 e. The molecule has 2 aliphatic rings. The van der Waals surface area contributed by atoms with Crippen LogP contribution >= 0.6 is 11.8 Å². The molecular formula is C17H23N3O2S. The van der Waals surface area contributed by atoms with E-state index >= 15 is 0 Å². The molecule has 23 heavy (non-hydrogen) atoms. The van der Waals surface area contributed by atoms with Crippen LogP contribution in [0.4, 0.5) is 0 Å². The van der Waals surface area contributed by atoms with Crippen molar-refractivity contribution in [3.8, 4) is 0 Å². The molecule has 3 rings (SSSR count). The third-order valence-corrected chi connectivity index (χ3v) is 5.89. The number of carbonyl (C=O) groups is 2. The zero-order valence-electron chi connectivity index (χ0n) is 13.2. The summed E-state index contributed by atoms with van der Waals surface area (Å²) >= 11 is 1.34. The van der Waals surface area contributed by atoms with Gasteiger partial charge in [0.1, 0.15) is 0 Å². The van der Waals surface area contributed by atoms with Crippen molar-refractivity contribution in [2.45, 2.75) is 17.7 Å². The van der Waals surface area contributed by atoms with Crippen LogP contribution in [0.25, 0.3) is 0 Å². The van der Waals surface area contributed by atoms with E-state index in [9.17, 15) is 9.59 Å². The minimum absolute atomic E-state index is 0.0745. The lowest BCUT2D eigenvalue weighted by molar-refractivity contribution is -0.115. The number of rotatable bonds is 4. The Morgan fingerprint density at radius 1 is 1.17 bits per heavy atom. The molecule has 2 saturated heterocycles. The minimum atomic E-state index is -0.368. The zero-order chi connectivity index (χ0) is 16.2. The van der Waals surface area contributed by atoms with Crippen LogP contribution in [0.15, 0.2) is 29.2 Å². The Hall–Kier alpha value is -1.53. The first-order valence-corrected chi connectivity index (χ1v) is 9.14. The number of benzene rings is 1. The zero-order valence-corrected chi connectivity index (χ0v) is 14.0. The molecule has 2 heterocycles. The van der Waals surface area contributed by atoms with Crippen LogP contribution < -0.4 is 11.1 Å². The molecule has 2 amide bonds. The number of nitrogens with one attached hydrogen (secondary N) is 1. The summed E-state index contributed by atoms with van der Waals surface area (Å²) in [4.78, 5) is 26.7. The second-order valence-corrected chi connectivity index (χ2v) is 7.32. The van der Waals surface area contributed by atoms with Crippen molar-refractivity contribution in [3.63, 3.8) is 0 Å². The topological polar surface area (TPSA) is 75.4 Å². The molecule has 1 aromatic carbocycles. The van der Waals surface area contributed by atoms with E-state index in [2.05, 4.69) is 5.32 Å². The molecule has 2 fully saturated rings. The summed E-state index contributed by atoms with van der Waals surface area (Å²) in [5, 5.41) is 3.45. The number of hydrogen-bond donors (Lipinski definition) is 2. The third kappa shape index (κ3) is 3.87. The van der Waals surface area contributed by atoms with E-state index in [-0.39, 0.29) is 17.6 Å². The number of carbonyl (C=O) groups excluding carboxylic acids is 2. The first kappa shape index (κ1) is 16.3. The first-order chi connectivity index (χ1) is 11.1. The average Bonchev–Trinajstić information content (AvgIpc) is 2.91. The van der Waals surface area contributed by atoms with E-state index in [1.54, 1.807) is 0 Å². The fourth-order valence-electron chi connectivity index (χ4n) is 3.51. The second kappa shape index (κ2) is 7.36. The van der Waals surface area contributed by atoms with Crippen molar-refractivity contribution >= 4 is 23.6 Å². The molecule has 6 heteroatoms. The Morgan fingerprint density at radius 3 is 2.48 bits per heavy atom. The van der Waals surface area contributed by atoms with Gasteiger partial charge in [0.2, 0.25) is 5.91 Å². The highest BCUT2D eigenvalue weighted by atomic mass is 32.2. The van der Waals surface area contributed by atoms with E-state index in [0.29, 0.717) is 17.4 Å². The number of hydrogen-bond acceptors (Lipinski definition) is 4. The maximum absolute atomic E-state index is 12.9. The summed E-state index contributed by atoms with van der Waals surface area (Å²) in [6, 6.07) is 7.49. The lowest BCUT2D eigenvalue weighted by Gasteiger charge is -2.22. The molecule has 0 aromatic heterocycles. The Balaban J connectivity index is 1.71. The smallest absolute Gasteiger partial charge is 0.254 e. The van der Waals surface area contributed by atoms with Crippen LogP contribution in [-0.2, 0) is 4.79 Å². The van der Waals surface area contributed by atoms with Gasteiger partial charge in [0.25, 0.3) is 5.91 Å². The van der Waals surface area contributed by atoms with Gasteiger partial charge in [-0.1, -0.05) is 12.1 Å². The molecular weight excluding hydrogens is 310 g/mol. The van der Waals surface area contributed by atoms with Crippen molar-refractivity contribution in [2.75, 3.05) is 31.9 Å². The van der Waals surface area contributed by atoms with Gasteiger partial charge in [0, 0.05) is 18.0 Å².